The van der Waals surface area contributed by atoms with Crippen molar-refractivity contribution in [3.63, 3.8) is 0 Å². The Balaban J connectivity index is 2.07. The highest BCUT2D eigenvalue weighted by Gasteiger charge is 2.32. The SMILES string of the molecule is CN1C(=O)CC(C2CCCN(C=O)C2)N=C1N. The third-order valence-corrected chi connectivity index (χ3v) is 3.58. The number of nitrogens with two attached hydrogens (primary N) is 1. The average Bonchev–Trinajstić information content (AvgIpc) is 2.35. The molecule has 1 saturated heterocycles. The first kappa shape index (κ1) is 11.9. The molecule has 2 heterocycles. The standard InChI is InChI=1S/C11H18N4O2/c1-14-10(17)5-9(13-11(14)12)8-3-2-4-15(6-8)7-16/h7-9H,2-6H2,1H3,(H2,12,13). The summed E-state index contributed by atoms with van der Waals surface area (Å²) >= 11 is 0. The van der Waals surface area contributed by atoms with Crippen LogP contribution in [-0.4, -0.2) is 54.3 Å². The van der Waals surface area contributed by atoms with Crippen LogP contribution in [0.3, 0.4) is 0 Å². The molecule has 0 aromatic heterocycles. The van der Waals surface area contributed by atoms with E-state index in [1.165, 1.54) is 4.90 Å². The fourth-order valence-electron chi connectivity index (χ4n) is 2.47. The second-order valence-corrected chi connectivity index (χ2v) is 4.71. The van der Waals surface area contributed by atoms with Gasteiger partial charge in [-0.05, 0) is 18.8 Å². The lowest BCUT2D eigenvalue weighted by Crippen LogP contribution is -2.48. The van der Waals surface area contributed by atoms with E-state index in [4.69, 9.17) is 5.73 Å². The molecule has 17 heavy (non-hydrogen) atoms. The molecule has 2 aliphatic rings. The van der Waals surface area contributed by atoms with Gasteiger partial charge in [0, 0.05) is 20.1 Å². The Morgan fingerprint density at radius 1 is 1.53 bits per heavy atom. The summed E-state index contributed by atoms with van der Waals surface area (Å²) < 4.78 is 0. The van der Waals surface area contributed by atoms with Gasteiger partial charge in [0.05, 0.1) is 12.5 Å². The Bertz CT molecular complexity index is 355. The highest BCUT2D eigenvalue weighted by molar-refractivity contribution is 5.98. The molecule has 2 N–H and O–H groups in total. The van der Waals surface area contributed by atoms with Gasteiger partial charge in [-0.15, -0.1) is 0 Å². The minimum absolute atomic E-state index is 0.00530. The van der Waals surface area contributed by atoms with Gasteiger partial charge in [-0.1, -0.05) is 0 Å². The molecular weight excluding hydrogens is 220 g/mol. The van der Waals surface area contributed by atoms with Gasteiger partial charge >= 0.3 is 0 Å². The zero-order valence-electron chi connectivity index (χ0n) is 10.0. The number of hydrogen-bond acceptors (Lipinski definition) is 4. The van der Waals surface area contributed by atoms with Crippen molar-refractivity contribution in [3.8, 4) is 0 Å². The van der Waals surface area contributed by atoms with Crippen molar-refractivity contribution in [1.82, 2.24) is 9.80 Å². The second-order valence-electron chi connectivity index (χ2n) is 4.71. The van der Waals surface area contributed by atoms with Gasteiger partial charge in [0.25, 0.3) is 0 Å². The van der Waals surface area contributed by atoms with Gasteiger partial charge < -0.3 is 10.6 Å². The van der Waals surface area contributed by atoms with E-state index in [2.05, 4.69) is 4.99 Å². The van der Waals surface area contributed by atoms with Crippen molar-refractivity contribution < 1.29 is 9.59 Å². The highest BCUT2D eigenvalue weighted by atomic mass is 16.2. The number of likely N-dealkylation sites (tertiary alicyclic amines) is 1. The number of hydrogen-bond donors (Lipinski definition) is 1. The van der Waals surface area contributed by atoms with E-state index >= 15 is 0 Å². The van der Waals surface area contributed by atoms with Crippen LogP contribution in [0.5, 0.6) is 0 Å². The van der Waals surface area contributed by atoms with Crippen molar-refractivity contribution in [3.05, 3.63) is 0 Å². The number of carbonyl (C=O) groups is 2. The Labute approximate surface area is 100 Å². The van der Waals surface area contributed by atoms with E-state index < -0.39 is 0 Å². The van der Waals surface area contributed by atoms with Crippen molar-refractivity contribution in [2.45, 2.75) is 25.3 Å². The largest absolute Gasteiger partial charge is 0.369 e. The fraction of sp³-hybridized carbons (Fsp3) is 0.727. The van der Waals surface area contributed by atoms with Gasteiger partial charge in [0.2, 0.25) is 12.3 Å². The van der Waals surface area contributed by atoms with Crippen LogP contribution in [0, 0.1) is 5.92 Å². The first-order valence-corrected chi connectivity index (χ1v) is 5.91. The van der Waals surface area contributed by atoms with Gasteiger partial charge in [-0.25, -0.2) is 4.99 Å². The van der Waals surface area contributed by atoms with E-state index in [0.29, 0.717) is 13.0 Å². The summed E-state index contributed by atoms with van der Waals surface area (Å²) in [5, 5.41) is 0. The van der Waals surface area contributed by atoms with E-state index in [1.807, 2.05) is 0 Å². The van der Waals surface area contributed by atoms with Crippen molar-refractivity contribution in [1.29, 1.82) is 0 Å². The number of rotatable bonds is 2. The maximum absolute atomic E-state index is 11.7. The summed E-state index contributed by atoms with van der Waals surface area (Å²) in [6.07, 6.45) is 3.24. The van der Waals surface area contributed by atoms with E-state index in [-0.39, 0.29) is 23.8 Å². The number of carbonyl (C=O) groups excluding carboxylic acids is 2. The number of aliphatic imine (C=N–C) groups is 1. The molecule has 94 valence electrons. The van der Waals surface area contributed by atoms with Crippen LogP contribution < -0.4 is 5.73 Å². The van der Waals surface area contributed by atoms with E-state index in [9.17, 15) is 9.59 Å². The van der Waals surface area contributed by atoms with E-state index in [1.54, 1.807) is 11.9 Å². The van der Waals surface area contributed by atoms with Gasteiger partial charge in [-0.3, -0.25) is 14.5 Å². The summed E-state index contributed by atoms with van der Waals surface area (Å²) in [6, 6.07) is -0.0681. The van der Waals surface area contributed by atoms with Gasteiger partial charge in [-0.2, -0.15) is 0 Å². The maximum Gasteiger partial charge on any atom is 0.231 e. The summed E-state index contributed by atoms with van der Waals surface area (Å²) in [7, 11) is 1.63. The lowest BCUT2D eigenvalue weighted by molar-refractivity contribution is -0.128. The van der Waals surface area contributed by atoms with Crippen LogP contribution in [-0.2, 0) is 9.59 Å². The second kappa shape index (κ2) is 4.73. The molecule has 0 saturated carbocycles. The molecule has 2 amide bonds. The predicted octanol–water partition coefficient (Wildman–Crippen LogP) is -0.600. The monoisotopic (exact) mass is 238 g/mol. The topological polar surface area (TPSA) is 79.0 Å². The molecule has 2 unspecified atom stereocenters. The minimum Gasteiger partial charge on any atom is -0.369 e. The predicted molar refractivity (Wildman–Crippen MR) is 63.2 cm³/mol. The van der Waals surface area contributed by atoms with Crippen LogP contribution in [0.25, 0.3) is 0 Å². The first-order chi connectivity index (χ1) is 8.11. The fourth-order valence-corrected chi connectivity index (χ4v) is 2.47. The van der Waals surface area contributed by atoms with Crippen molar-refractivity contribution >= 4 is 18.3 Å². The summed E-state index contributed by atoms with van der Waals surface area (Å²) in [5.41, 5.74) is 5.70. The van der Waals surface area contributed by atoms with Gasteiger partial charge in [0.1, 0.15) is 0 Å². The van der Waals surface area contributed by atoms with Gasteiger partial charge in [0.15, 0.2) is 5.96 Å². The molecule has 0 spiro atoms. The van der Waals surface area contributed by atoms with Crippen LogP contribution in [0.15, 0.2) is 4.99 Å². The molecule has 2 rings (SSSR count). The molecule has 2 aliphatic heterocycles. The quantitative estimate of drug-likeness (QED) is 0.652. The number of amides is 2. The molecule has 1 fully saturated rings. The molecule has 0 bridgehead atoms. The van der Waals surface area contributed by atoms with Crippen LogP contribution >= 0.6 is 0 Å². The molecule has 6 nitrogen and oxygen atoms in total. The summed E-state index contributed by atoms with van der Waals surface area (Å²) in [5.74, 6) is 0.547. The average molecular weight is 238 g/mol. The number of nitrogens with zero attached hydrogens (tertiary/aromatic N) is 3. The lowest BCUT2D eigenvalue weighted by Gasteiger charge is -2.36. The molecule has 0 aliphatic carbocycles. The molecule has 0 aromatic rings. The number of piperidine rings is 1. The van der Waals surface area contributed by atoms with Crippen LogP contribution in [0.2, 0.25) is 0 Å². The number of guanidine groups is 1. The Hall–Kier alpha value is -1.59. The molecule has 2 atom stereocenters. The molecule has 0 radical (unpaired) electrons. The third-order valence-electron chi connectivity index (χ3n) is 3.58. The molecule has 6 heteroatoms. The Morgan fingerprint density at radius 2 is 2.29 bits per heavy atom. The Morgan fingerprint density at radius 3 is 2.94 bits per heavy atom. The first-order valence-electron chi connectivity index (χ1n) is 5.91. The van der Waals surface area contributed by atoms with Crippen LogP contribution in [0.4, 0.5) is 0 Å². The Kier molecular flexibility index (Phi) is 3.31. The summed E-state index contributed by atoms with van der Waals surface area (Å²) in [4.78, 5) is 30.0. The molecule has 0 aromatic carbocycles. The van der Waals surface area contributed by atoms with Crippen molar-refractivity contribution in [2.75, 3.05) is 20.1 Å². The highest BCUT2D eigenvalue weighted by Crippen LogP contribution is 2.25. The third kappa shape index (κ3) is 2.40. The smallest absolute Gasteiger partial charge is 0.231 e. The zero-order chi connectivity index (χ0) is 12.4. The minimum atomic E-state index is -0.0681. The summed E-state index contributed by atoms with van der Waals surface area (Å²) in [6.45, 7) is 1.49. The maximum atomic E-state index is 11.7. The lowest BCUT2D eigenvalue weighted by atomic mass is 9.88. The molecular formula is C11H18N4O2. The normalized spacial score (nSPS) is 30.2. The van der Waals surface area contributed by atoms with Crippen molar-refractivity contribution in [2.24, 2.45) is 16.6 Å². The van der Waals surface area contributed by atoms with E-state index in [0.717, 1.165) is 25.8 Å². The zero-order valence-corrected chi connectivity index (χ0v) is 10.0. The van der Waals surface area contributed by atoms with Crippen LogP contribution in [0.1, 0.15) is 19.3 Å².